The molecule has 3 unspecified atom stereocenters. The Morgan fingerprint density at radius 3 is 3.06 bits per heavy atom. The van der Waals surface area contributed by atoms with Gasteiger partial charge in [0.05, 0.1) is 16.8 Å². The van der Waals surface area contributed by atoms with Gasteiger partial charge in [-0.1, -0.05) is 0 Å². The van der Waals surface area contributed by atoms with Crippen molar-refractivity contribution in [3.63, 3.8) is 0 Å². The van der Waals surface area contributed by atoms with Crippen molar-refractivity contribution in [3.8, 4) is 0 Å². The minimum Gasteiger partial charge on any atom is -0.378 e. The lowest BCUT2D eigenvalue weighted by Gasteiger charge is -2.24. The number of nitrogens with one attached hydrogen (secondary N) is 1. The zero-order valence-electron chi connectivity index (χ0n) is 9.77. The van der Waals surface area contributed by atoms with E-state index >= 15 is 0 Å². The number of ether oxygens (including phenoxy) is 1. The molecular weight excluding hydrogens is 222 g/mol. The van der Waals surface area contributed by atoms with Crippen molar-refractivity contribution < 1.29 is 4.74 Å². The highest BCUT2D eigenvalue weighted by molar-refractivity contribution is 7.09. The highest BCUT2D eigenvalue weighted by atomic mass is 32.1. The summed E-state index contributed by atoms with van der Waals surface area (Å²) in [4.78, 5) is 4.48. The van der Waals surface area contributed by atoms with Gasteiger partial charge >= 0.3 is 0 Å². The van der Waals surface area contributed by atoms with Crippen LogP contribution in [-0.4, -0.2) is 23.7 Å². The Bertz CT molecular complexity index is 342. The number of hydrazine groups is 1. The normalized spacial score (nSPS) is 27.2. The van der Waals surface area contributed by atoms with Crippen LogP contribution in [0.25, 0.3) is 0 Å². The quantitative estimate of drug-likeness (QED) is 0.615. The molecule has 0 aromatic carbocycles. The van der Waals surface area contributed by atoms with Crippen molar-refractivity contribution >= 4 is 11.3 Å². The Morgan fingerprint density at radius 2 is 2.56 bits per heavy atom. The number of nitrogens with two attached hydrogens (primary N) is 1. The Balaban J connectivity index is 2.00. The predicted octanol–water partition coefficient (Wildman–Crippen LogP) is 1.25. The maximum atomic E-state index is 5.64. The minimum absolute atomic E-state index is 0.263. The predicted molar refractivity (Wildman–Crippen MR) is 65.2 cm³/mol. The van der Waals surface area contributed by atoms with Gasteiger partial charge in [0.15, 0.2) is 0 Å². The first kappa shape index (κ1) is 12.0. The standard InChI is InChI=1S/C11H19N3OS/c1-7-10(3-4-15-7)11(14-12)5-9-6-16-8(2)13-9/h6-7,10-11,14H,3-5,12H2,1-2H3. The average Bonchev–Trinajstić information content (AvgIpc) is 2.84. The molecule has 2 rings (SSSR count). The van der Waals surface area contributed by atoms with E-state index in [0.29, 0.717) is 12.0 Å². The third-order valence-electron chi connectivity index (χ3n) is 3.26. The molecule has 4 nitrogen and oxygen atoms in total. The average molecular weight is 241 g/mol. The van der Waals surface area contributed by atoms with Gasteiger partial charge in [-0.25, -0.2) is 4.98 Å². The molecule has 3 atom stereocenters. The smallest absolute Gasteiger partial charge is 0.0897 e. The van der Waals surface area contributed by atoms with E-state index in [-0.39, 0.29) is 6.04 Å². The number of hydrogen-bond donors (Lipinski definition) is 2. The van der Waals surface area contributed by atoms with Crippen LogP contribution in [-0.2, 0) is 11.2 Å². The van der Waals surface area contributed by atoms with Crippen LogP contribution in [0.4, 0.5) is 0 Å². The lowest BCUT2D eigenvalue weighted by atomic mass is 9.91. The molecule has 0 spiro atoms. The summed E-state index contributed by atoms with van der Waals surface area (Å²) in [6, 6.07) is 0.263. The van der Waals surface area contributed by atoms with Crippen molar-refractivity contribution in [2.45, 2.75) is 38.8 Å². The summed E-state index contributed by atoms with van der Waals surface area (Å²) in [5.41, 5.74) is 4.05. The minimum atomic E-state index is 0.263. The van der Waals surface area contributed by atoms with Gasteiger partial charge in [-0.15, -0.1) is 11.3 Å². The highest BCUT2D eigenvalue weighted by Crippen LogP contribution is 2.25. The lowest BCUT2D eigenvalue weighted by molar-refractivity contribution is 0.0953. The molecule has 1 saturated heterocycles. The number of hydrogen-bond acceptors (Lipinski definition) is 5. The van der Waals surface area contributed by atoms with Crippen molar-refractivity contribution in [3.05, 3.63) is 16.1 Å². The number of rotatable bonds is 4. The van der Waals surface area contributed by atoms with Gasteiger partial charge in [-0.3, -0.25) is 11.3 Å². The SMILES string of the molecule is Cc1nc(CC(NN)C2CCOC2C)cs1. The van der Waals surface area contributed by atoms with Crippen LogP contribution in [0.5, 0.6) is 0 Å². The fraction of sp³-hybridized carbons (Fsp3) is 0.727. The van der Waals surface area contributed by atoms with E-state index in [1.807, 2.05) is 6.92 Å². The Kier molecular flexibility index (Phi) is 3.91. The number of thiazole rings is 1. The summed E-state index contributed by atoms with van der Waals surface area (Å²) < 4.78 is 5.58. The third-order valence-corrected chi connectivity index (χ3v) is 4.08. The Labute approximate surface area is 100 Å². The lowest BCUT2D eigenvalue weighted by Crippen LogP contribution is -2.44. The maximum Gasteiger partial charge on any atom is 0.0897 e. The van der Waals surface area contributed by atoms with Crippen molar-refractivity contribution in [1.82, 2.24) is 10.4 Å². The summed E-state index contributed by atoms with van der Waals surface area (Å²) in [5, 5.41) is 3.22. The van der Waals surface area contributed by atoms with Gasteiger partial charge < -0.3 is 4.74 Å². The van der Waals surface area contributed by atoms with E-state index in [0.717, 1.165) is 30.2 Å². The molecule has 0 radical (unpaired) electrons. The van der Waals surface area contributed by atoms with Gasteiger partial charge in [0.1, 0.15) is 0 Å². The molecule has 1 fully saturated rings. The van der Waals surface area contributed by atoms with Crippen LogP contribution in [0.1, 0.15) is 24.0 Å². The number of nitrogens with zero attached hydrogens (tertiary/aromatic N) is 1. The molecular formula is C11H19N3OS. The highest BCUT2D eigenvalue weighted by Gasteiger charge is 2.31. The fourth-order valence-corrected chi connectivity index (χ4v) is 2.96. The summed E-state index contributed by atoms with van der Waals surface area (Å²) in [6.07, 6.45) is 2.26. The second kappa shape index (κ2) is 5.23. The summed E-state index contributed by atoms with van der Waals surface area (Å²) in [6.45, 7) is 4.99. The van der Waals surface area contributed by atoms with Crippen LogP contribution in [0, 0.1) is 12.8 Å². The molecule has 90 valence electrons. The molecule has 1 aliphatic rings. The monoisotopic (exact) mass is 241 g/mol. The molecule has 0 amide bonds. The largest absolute Gasteiger partial charge is 0.378 e. The summed E-state index contributed by atoms with van der Waals surface area (Å²) in [5.74, 6) is 6.13. The van der Waals surface area contributed by atoms with E-state index in [9.17, 15) is 0 Å². The molecule has 0 saturated carbocycles. The molecule has 1 aromatic heterocycles. The van der Waals surface area contributed by atoms with Crippen LogP contribution in [0.3, 0.4) is 0 Å². The van der Waals surface area contributed by atoms with Crippen molar-refractivity contribution in [2.24, 2.45) is 11.8 Å². The van der Waals surface area contributed by atoms with Gasteiger partial charge in [-0.2, -0.15) is 0 Å². The topological polar surface area (TPSA) is 60.2 Å². The van der Waals surface area contributed by atoms with E-state index in [2.05, 4.69) is 22.7 Å². The first-order valence-corrected chi connectivity index (χ1v) is 6.57. The zero-order valence-corrected chi connectivity index (χ0v) is 10.6. The van der Waals surface area contributed by atoms with Gasteiger partial charge in [0, 0.05) is 30.4 Å². The van der Waals surface area contributed by atoms with Crippen molar-refractivity contribution in [2.75, 3.05) is 6.61 Å². The van der Waals surface area contributed by atoms with E-state index in [4.69, 9.17) is 10.6 Å². The van der Waals surface area contributed by atoms with Gasteiger partial charge in [-0.05, 0) is 20.3 Å². The van der Waals surface area contributed by atoms with Crippen LogP contribution >= 0.6 is 11.3 Å². The molecule has 0 aliphatic carbocycles. The van der Waals surface area contributed by atoms with E-state index in [1.165, 1.54) is 0 Å². The van der Waals surface area contributed by atoms with Gasteiger partial charge in [0.2, 0.25) is 0 Å². The van der Waals surface area contributed by atoms with Crippen LogP contribution in [0.15, 0.2) is 5.38 Å². The van der Waals surface area contributed by atoms with Gasteiger partial charge in [0.25, 0.3) is 0 Å². The zero-order chi connectivity index (χ0) is 11.5. The van der Waals surface area contributed by atoms with Crippen LogP contribution < -0.4 is 11.3 Å². The fourth-order valence-electron chi connectivity index (χ4n) is 2.34. The molecule has 5 heteroatoms. The molecule has 3 N–H and O–H groups in total. The third kappa shape index (κ3) is 2.60. The van der Waals surface area contributed by atoms with Crippen molar-refractivity contribution in [1.29, 1.82) is 0 Å². The second-order valence-corrected chi connectivity index (χ2v) is 5.43. The van der Waals surface area contributed by atoms with E-state index in [1.54, 1.807) is 11.3 Å². The Morgan fingerprint density at radius 1 is 1.75 bits per heavy atom. The summed E-state index contributed by atoms with van der Waals surface area (Å²) in [7, 11) is 0. The second-order valence-electron chi connectivity index (χ2n) is 4.36. The first-order chi connectivity index (χ1) is 7.70. The number of aromatic nitrogens is 1. The van der Waals surface area contributed by atoms with E-state index < -0.39 is 0 Å². The summed E-state index contributed by atoms with van der Waals surface area (Å²) >= 11 is 1.69. The molecule has 16 heavy (non-hydrogen) atoms. The number of aryl methyl sites for hydroxylation is 1. The maximum absolute atomic E-state index is 5.64. The molecule has 1 aliphatic heterocycles. The first-order valence-electron chi connectivity index (χ1n) is 5.69. The molecule has 1 aromatic rings. The Hall–Kier alpha value is -0.490. The molecule has 2 heterocycles. The van der Waals surface area contributed by atoms with Crippen LogP contribution in [0.2, 0.25) is 0 Å². The molecule has 0 bridgehead atoms.